The van der Waals surface area contributed by atoms with Gasteiger partial charge in [0.05, 0.1) is 18.2 Å². The van der Waals surface area contributed by atoms with Crippen LogP contribution in [0.15, 0.2) is 23.2 Å². The lowest BCUT2D eigenvalue weighted by atomic mass is 9.86. The van der Waals surface area contributed by atoms with Gasteiger partial charge in [0.2, 0.25) is 0 Å². The maximum atomic E-state index is 14.8. The van der Waals surface area contributed by atoms with Gasteiger partial charge in [-0.2, -0.15) is 0 Å². The minimum Gasteiger partial charge on any atom is -0.466 e. The van der Waals surface area contributed by atoms with Crippen LogP contribution in [0, 0.1) is 11.7 Å². The fourth-order valence-electron chi connectivity index (χ4n) is 4.53. The van der Waals surface area contributed by atoms with Crippen LogP contribution in [-0.4, -0.2) is 69.2 Å². The molecule has 0 amide bonds. The van der Waals surface area contributed by atoms with Crippen LogP contribution >= 0.6 is 24.0 Å². The largest absolute Gasteiger partial charge is 0.466 e. The Morgan fingerprint density at radius 1 is 1.15 bits per heavy atom. The van der Waals surface area contributed by atoms with E-state index in [0.29, 0.717) is 24.8 Å². The first-order valence-corrected chi connectivity index (χ1v) is 11.9. The average molecular weight is 576 g/mol. The number of carbonyl (C=O) groups excluding carboxylic acids is 1. The second kappa shape index (κ2) is 13.9. The van der Waals surface area contributed by atoms with Gasteiger partial charge in [-0.25, -0.2) is 4.39 Å². The van der Waals surface area contributed by atoms with Crippen LogP contribution in [0.4, 0.5) is 10.1 Å². The van der Waals surface area contributed by atoms with Crippen molar-refractivity contribution in [3.8, 4) is 0 Å². The van der Waals surface area contributed by atoms with E-state index in [0.717, 1.165) is 64.0 Å². The van der Waals surface area contributed by atoms with Crippen molar-refractivity contribution in [3.05, 3.63) is 29.6 Å². The van der Waals surface area contributed by atoms with Crippen LogP contribution in [0.25, 0.3) is 0 Å². The lowest BCUT2D eigenvalue weighted by Crippen LogP contribution is -2.46. The molecule has 2 fully saturated rings. The van der Waals surface area contributed by atoms with Gasteiger partial charge >= 0.3 is 5.97 Å². The number of carbonyl (C=O) groups is 1. The molecule has 0 atom stereocenters. The van der Waals surface area contributed by atoms with Gasteiger partial charge in [-0.05, 0) is 56.8 Å². The zero-order valence-corrected chi connectivity index (χ0v) is 22.4. The molecule has 1 aromatic carbocycles. The van der Waals surface area contributed by atoms with Crippen molar-refractivity contribution < 1.29 is 13.9 Å². The van der Waals surface area contributed by atoms with Gasteiger partial charge in [0, 0.05) is 45.8 Å². The monoisotopic (exact) mass is 575 g/mol. The van der Waals surface area contributed by atoms with E-state index in [-0.39, 0.29) is 47.7 Å². The summed E-state index contributed by atoms with van der Waals surface area (Å²) in [5, 5.41) is 6.72. The molecule has 3 rings (SSSR count). The predicted molar refractivity (Wildman–Crippen MR) is 142 cm³/mol. The lowest BCUT2D eigenvalue weighted by Gasteiger charge is -2.35. The van der Waals surface area contributed by atoms with E-state index >= 15 is 0 Å². The van der Waals surface area contributed by atoms with Gasteiger partial charge in [-0.1, -0.05) is 13.0 Å². The molecule has 0 unspecified atom stereocenters. The molecule has 1 aliphatic carbocycles. The average Bonchev–Trinajstić information content (AvgIpc) is 2.82. The number of aliphatic imine (C=N–C) groups is 1. The molecule has 0 aromatic heterocycles. The number of ether oxygens (including phenoxy) is 1. The Labute approximate surface area is 214 Å². The Balaban J connectivity index is 0.00000385. The molecule has 1 aliphatic heterocycles. The third-order valence-electron chi connectivity index (χ3n) is 6.54. The van der Waals surface area contributed by atoms with E-state index in [1.165, 1.54) is 0 Å². The number of hydrogen-bond donors (Lipinski definition) is 2. The lowest BCUT2D eigenvalue weighted by molar-refractivity contribution is -0.149. The Morgan fingerprint density at radius 2 is 1.85 bits per heavy atom. The first-order chi connectivity index (χ1) is 15.5. The van der Waals surface area contributed by atoms with E-state index in [9.17, 15) is 9.18 Å². The number of piperazine rings is 1. The maximum Gasteiger partial charge on any atom is 0.308 e. The molecule has 0 radical (unpaired) electrons. The van der Waals surface area contributed by atoms with Gasteiger partial charge in [0.15, 0.2) is 5.96 Å². The molecule has 1 saturated heterocycles. The molecule has 33 heavy (non-hydrogen) atoms. The number of halogens is 2. The summed E-state index contributed by atoms with van der Waals surface area (Å²) < 4.78 is 19.9. The molecule has 9 heteroatoms. The second-order valence-electron chi connectivity index (χ2n) is 8.58. The number of benzene rings is 1. The molecular weight excluding hydrogens is 536 g/mol. The van der Waals surface area contributed by atoms with Crippen LogP contribution in [0.2, 0.25) is 0 Å². The summed E-state index contributed by atoms with van der Waals surface area (Å²) in [6, 6.07) is 5.76. The van der Waals surface area contributed by atoms with Crippen molar-refractivity contribution in [1.82, 2.24) is 15.5 Å². The highest BCUT2D eigenvalue weighted by atomic mass is 127. The number of likely N-dealkylation sites (N-methyl/N-ethyl adjacent to an activating group) is 1. The van der Waals surface area contributed by atoms with Crippen molar-refractivity contribution in [1.29, 1.82) is 0 Å². The number of nitrogens with one attached hydrogen (secondary N) is 2. The summed E-state index contributed by atoms with van der Waals surface area (Å²) in [5.41, 5.74) is 1.57. The van der Waals surface area contributed by atoms with Crippen molar-refractivity contribution in [2.24, 2.45) is 10.9 Å². The van der Waals surface area contributed by atoms with E-state index in [4.69, 9.17) is 4.74 Å². The molecule has 7 nitrogen and oxygen atoms in total. The third kappa shape index (κ3) is 7.98. The van der Waals surface area contributed by atoms with E-state index in [1.54, 1.807) is 13.1 Å². The fraction of sp³-hybridized carbons (Fsp3) is 0.667. The van der Waals surface area contributed by atoms with Gasteiger partial charge in [0.1, 0.15) is 5.82 Å². The van der Waals surface area contributed by atoms with Gasteiger partial charge in [0.25, 0.3) is 0 Å². The number of guanidine groups is 1. The molecule has 186 valence electrons. The van der Waals surface area contributed by atoms with Crippen molar-refractivity contribution in [3.63, 3.8) is 0 Å². The minimum atomic E-state index is -0.172. The number of rotatable bonds is 7. The Bertz CT molecular complexity index is 778. The highest BCUT2D eigenvalue weighted by Crippen LogP contribution is 2.25. The van der Waals surface area contributed by atoms with Crippen molar-refractivity contribution in [2.45, 2.75) is 52.1 Å². The number of nitrogens with zero attached hydrogens (tertiary/aromatic N) is 3. The van der Waals surface area contributed by atoms with Crippen LogP contribution in [0.5, 0.6) is 0 Å². The van der Waals surface area contributed by atoms with Crippen molar-refractivity contribution >= 4 is 41.6 Å². The standard InChI is InChI=1S/C24H38FN5O2.HI/c1-4-29-12-14-30(15-13-29)22-11-6-18(16-21(22)25)17-27-24(26-3)28-20-9-7-19(8-10-20)23(31)32-5-2;/h6,11,16,19-20H,4-5,7-10,12-15,17H2,1-3H3,(H2,26,27,28);1H. The summed E-state index contributed by atoms with van der Waals surface area (Å²) in [6.07, 6.45) is 3.46. The Hall–Kier alpha value is -1.62. The molecule has 0 bridgehead atoms. The summed E-state index contributed by atoms with van der Waals surface area (Å²) in [7, 11) is 1.74. The summed E-state index contributed by atoms with van der Waals surface area (Å²) in [5.74, 6) is 0.458. The Morgan fingerprint density at radius 3 is 2.42 bits per heavy atom. The van der Waals surface area contributed by atoms with Crippen LogP contribution in [0.3, 0.4) is 0 Å². The zero-order chi connectivity index (χ0) is 22.9. The molecule has 2 N–H and O–H groups in total. The first kappa shape index (κ1) is 27.6. The van der Waals surface area contributed by atoms with Crippen LogP contribution < -0.4 is 15.5 Å². The Kier molecular flexibility index (Phi) is 11.7. The smallest absolute Gasteiger partial charge is 0.308 e. The zero-order valence-electron chi connectivity index (χ0n) is 20.1. The third-order valence-corrected chi connectivity index (χ3v) is 6.54. The fourth-order valence-corrected chi connectivity index (χ4v) is 4.53. The number of esters is 1. The van der Waals surface area contributed by atoms with Gasteiger partial charge in [-0.15, -0.1) is 24.0 Å². The second-order valence-corrected chi connectivity index (χ2v) is 8.58. The quantitative estimate of drug-likeness (QED) is 0.225. The SMILES string of the molecule is CCOC(=O)C1CCC(NC(=NC)NCc2ccc(N3CCN(CC)CC3)c(F)c2)CC1.I. The first-order valence-electron chi connectivity index (χ1n) is 11.9. The van der Waals surface area contributed by atoms with E-state index in [2.05, 4.69) is 32.3 Å². The highest BCUT2D eigenvalue weighted by Gasteiger charge is 2.27. The highest BCUT2D eigenvalue weighted by molar-refractivity contribution is 14.0. The minimum absolute atomic E-state index is 0. The van der Waals surface area contributed by atoms with Crippen LogP contribution in [0.1, 0.15) is 45.1 Å². The maximum absolute atomic E-state index is 14.8. The molecule has 2 aliphatic rings. The van der Waals surface area contributed by atoms with Gasteiger partial charge < -0.3 is 25.2 Å². The predicted octanol–water partition coefficient (Wildman–Crippen LogP) is 3.37. The normalized spacial score (nSPS) is 21.8. The molecule has 1 saturated carbocycles. The molecule has 0 spiro atoms. The summed E-state index contributed by atoms with van der Waals surface area (Å²) in [4.78, 5) is 20.7. The van der Waals surface area contributed by atoms with Crippen LogP contribution in [-0.2, 0) is 16.1 Å². The topological polar surface area (TPSA) is 69.2 Å². The summed E-state index contributed by atoms with van der Waals surface area (Å²) >= 11 is 0. The van der Waals surface area contributed by atoms with E-state index in [1.807, 2.05) is 19.1 Å². The molecule has 1 heterocycles. The summed E-state index contributed by atoms with van der Waals surface area (Å²) in [6.45, 7) is 9.65. The van der Waals surface area contributed by atoms with E-state index < -0.39 is 0 Å². The molecule has 1 aromatic rings. The number of anilines is 1. The van der Waals surface area contributed by atoms with Crippen molar-refractivity contribution in [2.75, 3.05) is 51.3 Å². The van der Waals surface area contributed by atoms with Gasteiger partial charge in [-0.3, -0.25) is 9.79 Å². The molecular formula is C24H39FIN5O2. The number of hydrogen-bond acceptors (Lipinski definition) is 5.